The maximum absolute atomic E-state index is 8.83. The highest BCUT2D eigenvalue weighted by Gasteiger charge is 2.15. The Labute approximate surface area is 73.5 Å². The van der Waals surface area contributed by atoms with Gasteiger partial charge in [0.15, 0.2) is 0 Å². The first kappa shape index (κ1) is 7.73. The van der Waals surface area contributed by atoms with Crippen LogP contribution in [0.2, 0.25) is 0 Å². The van der Waals surface area contributed by atoms with E-state index in [-0.39, 0.29) is 0 Å². The van der Waals surface area contributed by atoms with Crippen LogP contribution in [0, 0.1) is 0 Å². The van der Waals surface area contributed by atoms with E-state index in [0.29, 0.717) is 4.91 Å². The van der Waals surface area contributed by atoms with Gasteiger partial charge in [0.05, 0.1) is 10.2 Å². The summed E-state index contributed by atoms with van der Waals surface area (Å²) < 4.78 is 0.973. The van der Waals surface area contributed by atoms with E-state index < -0.39 is 7.12 Å². The maximum Gasteiger partial charge on any atom is 0.519 e. The SMILES string of the molecule is OB(O)c1nc2ccccc2s1. The lowest BCUT2D eigenvalue weighted by molar-refractivity contribution is 0.425. The summed E-state index contributed by atoms with van der Waals surface area (Å²) in [6.07, 6.45) is 0. The predicted octanol–water partition coefficient (Wildman–Crippen LogP) is -0.0239. The summed E-state index contributed by atoms with van der Waals surface area (Å²) in [6.45, 7) is 0. The summed E-state index contributed by atoms with van der Waals surface area (Å²) in [7, 11) is -1.46. The molecular formula is C7H6BNO2S. The maximum atomic E-state index is 8.83. The Morgan fingerprint density at radius 1 is 1.25 bits per heavy atom. The Morgan fingerprint density at radius 2 is 2.00 bits per heavy atom. The van der Waals surface area contributed by atoms with Crippen molar-refractivity contribution >= 4 is 33.6 Å². The predicted molar refractivity (Wildman–Crippen MR) is 49.4 cm³/mol. The van der Waals surface area contributed by atoms with Gasteiger partial charge in [0.25, 0.3) is 0 Å². The molecule has 3 nitrogen and oxygen atoms in total. The minimum atomic E-state index is -1.46. The smallest absolute Gasteiger partial charge is 0.422 e. The fraction of sp³-hybridized carbons (Fsp3) is 0. The average Bonchev–Trinajstić information content (AvgIpc) is 2.46. The van der Waals surface area contributed by atoms with Crippen molar-refractivity contribution in [3.63, 3.8) is 0 Å². The van der Waals surface area contributed by atoms with Gasteiger partial charge in [0.2, 0.25) is 0 Å². The third-order valence-electron chi connectivity index (χ3n) is 1.53. The van der Waals surface area contributed by atoms with Crippen LogP contribution in [0.1, 0.15) is 0 Å². The van der Waals surface area contributed by atoms with E-state index in [2.05, 4.69) is 4.98 Å². The van der Waals surface area contributed by atoms with Crippen LogP contribution in [0.15, 0.2) is 24.3 Å². The first-order valence-corrected chi connectivity index (χ1v) is 4.30. The van der Waals surface area contributed by atoms with E-state index >= 15 is 0 Å². The molecule has 0 bridgehead atoms. The van der Waals surface area contributed by atoms with E-state index in [4.69, 9.17) is 10.0 Å². The number of thiazole rings is 1. The van der Waals surface area contributed by atoms with Gasteiger partial charge in [-0.3, -0.25) is 0 Å². The van der Waals surface area contributed by atoms with Gasteiger partial charge in [-0.1, -0.05) is 12.1 Å². The van der Waals surface area contributed by atoms with Crippen LogP contribution < -0.4 is 4.91 Å². The molecule has 12 heavy (non-hydrogen) atoms. The van der Waals surface area contributed by atoms with Crippen molar-refractivity contribution in [2.75, 3.05) is 0 Å². The molecule has 0 amide bonds. The Morgan fingerprint density at radius 3 is 2.67 bits per heavy atom. The lowest BCUT2D eigenvalue weighted by atomic mass is 9.94. The monoisotopic (exact) mass is 179 g/mol. The quantitative estimate of drug-likeness (QED) is 0.604. The van der Waals surface area contributed by atoms with Gasteiger partial charge >= 0.3 is 7.12 Å². The van der Waals surface area contributed by atoms with E-state index in [0.717, 1.165) is 10.2 Å². The van der Waals surface area contributed by atoms with Crippen molar-refractivity contribution < 1.29 is 10.0 Å². The van der Waals surface area contributed by atoms with Gasteiger partial charge in [-0.15, -0.1) is 11.3 Å². The molecule has 0 spiro atoms. The number of rotatable bonds is 1. The second-order valence-corrected chi connectivity index (χ2v) is 3.46. The van der Waals surface area contributed by atoms with E-state index in [1.165, 1.54) is 11.3 Å². The van der Waals surface area contributed by atoms with Gasteiger partial charge in [-0.05, 0) is 12.1 Å². The number of fused-ring (bicyclic) bond motifs is 1. The van der Waals surface area contributed by atoms with Crippen molar-refractivity contribution in [3.8, 4) is 0 Å². The second-order valence-electron chi connectivity index (χ2n) is 2.39. The molecule has 0 atom stereocenters. The Hall–Kier alpha value is -0.905. The van der Waals surface area contributed by atoms with E-state index in [9.17, 15) is 0 Å². The van der Waals surface area contributed by atoms with Crippen molar-refractivity contribution in [2.24, 2.45) is 0 Å². The molecule has 0 saturated carbocycles. The molecule has 0 fully saturated rings. The molecular weight excluding hydrogens is 173 g/mol. The third kappa shape index (κ3) is 1.22. The molecule has 1 aromatic carbocycles. The largest absolute Gasteiger partial charge is 0.519 e. The lowest BCUT2D eigenvalue weighted by Gasteiger charge is -1.86. The Balaban J connectivity index is 2.62. The summed E-state index contributed by atoms with van der Waals surface area (Å²) in [5, 5.41) is 17.7. The summed E-state index contributed by atoms with van der Waals surface area (Å²) >= 11 is 1.29. The van der Waals surface area contributed by atoms with Gasteiger partial charge in [-0.25, -0.2) is 4.98 Å². The molecule has 2 N–H and O–H groups in total. The van der Waals surface area contributed by atoms with Crippen LogP contribution >= 0.6 is 11.3 Å². The highest BCUT2D eigenvalue weighted by molar-refractivity contribution is 7.27. The molecule has 0 radical (unpaired) electrons. The van der Waals surface area contributed by atoms with Crippen molar-refractivity contribution in [2.45, 2.75) is 0 Å². The zero-order chi connectivity index (χ0) is 8.55. The van der Waals surface area contributed by atoms with Gasteiger partial charge in [0.1, 0.15) is 4.91 Å². The highest BCUT2D eigenvalue weighted by Crippen LogP contribution is 2.14. The molecule has 1 aromatic heterocycles. The molecule has 0 aliphatic rings. The van der Waals surface area contributed by atoms with Gasteiger partial charge < -0.3 is 10.0 Å². The summed E-state index contributed by atoms with van der Waals surface area (Å²) in [4.78, 5) is 4.37. The summed E-state index contributed by atoms with van der Waals surface area (Å²) in [5.41, 5.74) is 0.811. The molecule has 0 saturated heterocycles. The molecule has 2 rings (SSSR count). The second kappa shape index (κ2) is 2.86. The van der Waals surface area contributed by atoms with E-state index in [1.807, 2.05) is 24.3 Å². The minimum Gasteiger partial charge on any atom is -0.422 e. The number of hydrogen-bond donors (Lipinski definition) is 2. The van der Waals surface area contributed by atoms with Crippen LogP contribution in [-0.2, 0) is 0 Å². The summed E-state index contributed by atoms with van der Waals surface area (Å²) in [5.74, 6) is 0. The fourth-order valence-corrected chi connectivity index (χ4v) is 1.84. The van der Waals surface area contributed by atoms with Crippen LogP contribution in [0.4, 0.5) is 0 Å². The number of hydrogen-bond acceptors (Lipinski definition) is 4. The zero-order valence-electron chi connectivity index (χ0n) is 6.14. The van der Waals surface area contributed by atoms with Crippen LogP contribution in [0.3, 0.4) is 0 Å². The Kier molecular flexibility index (Phi) is 1.84. The standard InChI is InChI=1S/C7H6BNO2S/c10-8(11)7-9-5-3-1-2-4-6(5)12-7/h1-4,10-11H. The number of benzene rings is 1. The molecule has 2 aromatic rings. The fourth-order valence-electron chi connectivity index (χ4n) is 1.00. The van der Waals surface area contributed by atoms with Gasteiger partial charge in [0, 0.05) is 0 Å². The first-order chi connectivity index (χ1) is 5.77. The minimum absolute atomic E-state index is 0.344. The topological polar surface area (TPSA) is 53.4 Å². The van der Waals surface area contributed by atoms with E-state index in [1.54, 1.807) is 0 Å². The van der Waals surface area contributed by atoms with Crippen LogP contribution in [-0.4, -0.2) is 22.2 Å². The Bertz CT molecular complexity index is 368. The third-order valence-corrected chi connectivity index (χ3v) is 2.61. The van der Waals surface area contributed by atoms with Crippen LogP contribution in [0.25, 0.3) is 10.2 Å². The molecule has 0 aliphatic carbocycles. The molecule has 0 unspecified atom stereocenters. The summed E-state index contributed by atoms with van der Waals surface area (Å²) in [6, 6.07) is 7.51. The highest BCUT2D eigenvalue weighted by atomic mass is 32.1. The van der Waals surface area contributed by atoms with Crippen LogP contribution in [0.5, 0.6) is 0 Å². The molecule has 60 valence electrons. The number of nitrogens with zero attached hydrogens (tertiary/aromatic N) is 1. The lowest BCUT2D eigenvalue weighted by Crippen LogP contribution is -2.28. The van der Waals surface area contributed by atoms with Crippen molar-refractivity contribution in [3.05, 3.63) is 24.3 Å². The molecule has 1 heterocycles. The van der Waals surface area contributed by atoms with Crippen molar-refractivity contribution in [1.29, 1.82) is 0 Å². The number of para-hydroxylation sites is 1. The van der Waals surface area contributed by atoms with Crippen molar-refractivity contribution in [1.82, 2.24) is 4.98 Å². The molecule has 5 heteroatoms. The molecule has 0 aliphatic heterocycles. The normalized spacial score (nSPS) is 10.5. The number of aromatic nitrogens is 1. The zero-order valence-corrected chi connectivity index (χ0v) is 6.95. The first-order valence-electron chi connectivity index (χ1n) is 3.49. The average molecular weight is 179 g/mol. The van der Waals surface area contributed by atoms with Gasteiger partial charge in [-0.2, -0.15) is 0 Å².